The summed E-state index contributed by atoms with van der Waals surface area (Å²) in [5.41, 5.74) is 0.211. The number of halogens is 1. The Balaban J connectivity index is 1.99. The summed E-state index contributed by atoms with van der Waals surface area (Å²) in [4.78, 5) is 14.2. The molecule has 110 valence electrons. The fourth-order valence-electron chi connectivity index (χ4n) is 2.71. The maximum absolute atomic E-state index is 12.4. The fraction of sp³-hybridized carbons (Fsp3) is 0.562. The molecule has 2 rings (SSSR count). The number of rotatable bonds is 3. The average molecular weight is 296 g/mol. The van der Waals surface area contributed by atoms with Crippen LogP contribution in [0.2, 0.25) is 5.02 Å². The number of carbonyl (C=O) groups is 1. The molecule has 0 aliphatic carbocycles. The van der Waals surface area contributed by atoms with Crippen LogP contribution in [0.4, 0.5) is 0 Å². The lowest BCUT2D eigenvalue weighted by molar-refractivity contribution is -0.134. The Morgan fingerprint density at radius 3 is 2.90 bits per heavy atom. The van der Waals surface area contributed by atoms with Crippen molar-refractivity contribution in [2.24, 2.45) is 5.92 Å². The molecule has 1 aromatic carbocycles. The molecule has 1 heterocycles. The van der Waals surface area contributed by atoms with Crippen molar-refractivity contribution in [2.75, 3.05) is 13.1 Å². The van der Waals surface area contributed by atoms with E-state index in [-0.39, 0.29) is 11.8 Å². The quantitative estimate of drug-likeness (QED) is 0.931. The van der Waals surface area contributed by atoms with E-state index in [1.807, 2.05) is 36.9 Å². The largest absolute Gasteiger partial charge is 0.390 e. The summed E-state index contributed by atoms with van der Waals surface area (Å²) in [5, 5.41) is 10.8. The number of hydrogen-bond donors (Lipinski definition) is 1. The molecular formula is C16H22ClNO2. The predicted molar refractivity (Wildman–Crippen MR) is 80.8 cm³/mol. The Hall–Kier alpha value is -1.06. The van der Waals surface area contributed by atoms with E-state index in [2.05, 4.69) is 0 Å². The standard InChI is InChI=1S/C16H22ClNO2/c1-16(2,20)13-6-4-8-18(11-13)15(19)10-12-5-3-7-14(17)9-12/h3,5,7,9,13,20H,4,6,8,10-11H2,1-2H3. The summed E-state index contributed by atoms with van der Waals surface area (Å²) in [6.07, 6.45) is 2.31. The van der Waals surface area contributed by atoms with Gasteiger partial charge in [-0.15, -0.1) is 0 Å². The molecule has 4 heteroatoms. The second-order valence-electron chi connectivity index (χ2n) is 6.14. The van der Waals surface area contributed by atoms with Gasteiger partial charge in [0, 0.05) is 24.0 Å². The van der Waals surface area contributed by atoms with Crippen molar-refractivity contribution >= 4 is 17.5 Å². The monoisotopic (exact) mass is 295 g/mol. The lowest BCUT2D eigenvalue weighted by atomic mass is 9.84. The smallest absolute Gasteiger partial charge is 0.227 e. The third-order valence-electron chi connectivity index (χ3n) is 4.02. The van der Waals surface area contributed by atoms with E-state index in [1.54, 1.807) is 6.07 Å². The number of piperidine rings is 1. The molecule has 0 radical (unpaired) electrons. The number of nitrogens with zero attached hydrogens (tertiary/aromatic N) is 1. The second-order valence-corrected chi connectivity index (χ2v) is 6.58. The van der Waals surface area contributed by atoms with Gasteiger partial charge in [0.25, 0.3) is 0 Å². The van der Waals surface area contributed by atoms with Gasteiger partial charge in [0.15, 0.2) is 0 Å². The molecule has 1 aromatic rings. The van der Waals surface area contributed by atoms with Crippen LogP contribution in [0.5, 0.6) is 0 Å². The number of amides is 1. The first-order valence-corrected chi connectivity index (χ1v) is 7.48. The lowest BCUT2D eigenvalue weighted by Gasteiger charge is -2.38. The third-order valence-corrected chi connectivity index (χ3v) is 4.25. The van der Waals surface area contributed by atoms with Gasteiger partial charge in [0.1, 0.15) is 0 Å². The number of benzene rings is 1. The highest BCUT2D eigenvalue weighted by molar-refractivity contribution is 6.30. The van der Waals surface area contributed by atoms with Gasteiger partial charge in [-0.05, 0) is 44.4 Å². The minimum atomic E-state index is -0.727. The molecule has 1 atom stereocenters. The van der Waals surface area contributed by atoms with Crippen LogP contribution in [0.25, 0.3) is 0 Å². The Labute approximate surface area is 125 Å². The summed E-state index contributed by atoms with van der Waals surface area (Å²) in [6, 6.07) is 7.42. The van der Waals surface area contributed by atoms with Crippen molar-refractivity contribution < 1.29 is 9.90 Å². The molecule has 1 aliphatic heterocycles. The zero-order valence-corrected chi connectivity index (χ0v) is 12.9. The molecule has 1 unspecified atom stereocenters. The molecule has 0 saturated carbocycles. The van der Waals surface area contributed by atoms with Gasteiger partial charge in [0.2, 0.25) is 5.91 Å². The van der Waals surface area contributed by atoms with Gasteiger partial charge >= 0.3 is 0 Å². The third kappa shape index (κ3) is 3.97. The van der Waals surface area contributed by atoms with Crippen LogP contribution in [0.1, 0.15) is 32.3 Å². The number of carbonyl (C=O) groups excluding carboxylic acids is 1. The maximum atomic E-state index is 12.4. The van der Waals surface area contributed by atoms with E-state index >= 15 is 0 Å². The first-order chi connectivity index (χ1) is 9.36. The average Bonchev–Trinajstić information content (AvgIpc) is 2.38. The van der Waals surface area contributed by atoms with Crippen LogP contribution in [0, 0.1) is 5.92 Å². The normalized spacial score (nSPS) is 20.0. The molecule has 1 fully saturated rings. The van der Waals surface area contributed by atoms with E-state index in [4.69, 9.17) is 11.6 Å². The predicted octanol–water partition coefficient (Wildman–Crippen LogP) is 2.89. The van der Waals surface area contributed by atoms with E-state index < -0.39 is 5.60 Å². The highest BCUT2D eigenvalue weighted by atomic mass is 35.5. The highest BCUT2D eigenvalue weighted by Gasteiger charge is 2.32. The van der Waals surface area contributed by atoms with Gasteiger partial charge in [-0.3, -0.25) is 4.79 Å². The van der Waals surface area contributed by atoms with Crippen molar-refractivity contribution in [3.05, 3.63) is 34.9 Å². The lowest BCUT2D eigenvalue weighted by Crippen LogP contribution is -2.47. The van der Waals surface area contributed by atoms with Crippen LogP contribution < -0.4 is 0 Å². The summed E-state index contributed by atoms with van der Waals surface area (Å²) >= 11 is 5.94. The zero-order chi connectivity index (χ0) is 14.8. The molecule has 1 N–H and O–H groups in total. The van der Waals surface area contributed by atoms with Crippen molar-refractivity contribution in [1.82, 2.24) is 4.90 Å². The zero-order valence-electron chi connectivity index (χ0n) is 12.1. The molecule has 3 nitrogen and oxygen atoms in total. The van der Waals surface area contributed by atoms with Crippen LogP contribution >= 0.6 is 11.6 Å². The molecule has 0 spiro atoms. The van der Waals surface area contributed by atoms with Gasteiger partial charge < -0.3 is 10.0 Å². The SMILES string of the molecule is CC(C)(O)C1CCCN(C(=O)Cc2cccc(Cl)c2)C1. The van der Waals surface area contributed by atoms with Gasteiger partial charge in [-0.25, -0.2) is 0 Å². The van der Waals surface area contributed by atoms with Crippen molar-refractivity contribution in [1.29, 1.82) is 0 Å². The fourth-order valence-corrected chi connectivity index (χ4v) is 2.93. The summed E-state index contributed by atoms with van der Waals surface area (Å²) in [7, 11) is 0. The minimum absolute atomic E-state index is 0.112. The molecule has 0 bridgehead atoms. The summed E-state index contributed by atoms with van der Waals surface area (Å²) in [5.74, 6) is 0.265. The molecule has 1 aliphatic rings. The van der Waals surface area contributed by atoms with Crippen LogP contribution in [-0.4, -0.2) is 34.6 Å². The first kappa shape index (κ1) is 15.3. The van der Waals surface area contributed by atoms with Crippen molar-refractivity contribution in [3.63, 3.8) is 0 Å². The molecule has 1 amide bonds. The Bertz CT molecular complexity index is 482. The van der Waals surface area contributed by atoms with Gasteiger partial charge in [0.05, 0.1) is 12.0 Å². The number of likely N-dealkylation sites (tertiary alicyclic amines) is 1. The molecule has 1 saturated heterocycles. The van der Waals surface area contributed by atoms with Gasteiger partial charge in [-0.1, -0.05) is 23.7 Å². The first-order valence-electron chi connectivity index (χ1n) is 7.11. The Morgan fingerprint density at radius 1 is 1.50 bits per heavy atom. The topological polar surface area (TPSA) is 40.5 Å². The summed E-state index contributed by atoms with van der Waals surface area (Å²) in [6.45, 7) is 5.07. The van der Waals surface area contributed by atoms with Crippen molar-refractivity contribution in [2.45, 2.75) is 38.7 Å². The molecular weight excluding hydrogens is 274 g/mol. The van der Waals surface area contributed by atoms with Gasteiger partial charge in [-0.2, -0.15) is 0 Å². The van der Waals surface area contributed by atoms with E-state index in [1.165, 1.54) is 0 Å². The summed E-state index contributed by atoms with van der Waals surface area (Å²) < 4.78 is 0. The van der Waals surface area contributed by atoms with E-state index in [9.17, 15) is 9.90 Å². The Morgan fingerprint density at radius 2 is 2.25 bits per heavy atom. The van der Waals surface area contributed by atoms with Crippen LogP contribution in [-0.2, 0) is 11.2 Å². The second kappa shape index (κ2) is 6.15. The van der Waals surface area contributed by atoms with Crippen molar-refractivity contribution in [3.8, 4) is 0 Å². The number of aliphatic hydroxyl groups is 1. The Kier molecular flexibility index (Phi) is 4.71. The van der Waals surface area contributed by atoms with E-state index in [0.717, 1.165) is 24.9 Å². The minimum Gasteiger partial charge on any atom is -0.390 e. The molecule has 20 heavy (non-hydrogen) atoms. The number of hydrogen-bond acceptors (Lipinski definition) is 2. The van der Waals surface area contributed by atoms with E-state index in [0.29, 0.717) is 18.0 Å². The van der Waals surface area contributed by atoms with Crippen LogP contribution in [0.15, 0.2) is 24.3 Å². The molecule has 0 aromatic heterocycles. The highest BCUT2D eigenvalue weighted by Crippen LogP contribution is 2.27. The van der Waals surface area contributed by atoms with Crippen LogP contribution in [0.3, 0.4) is 0 Å². The maximum Gasteiger partial charge on any atom is 0.227 e.